The zero-order valence-corrected chi connectivity index (χ0v) is 15.4. The van der Waals surface area contributed by atoms with Crippen LogP contribution in [-0.2, 0) is 7.05 Å². The molecule has 1 aliphatic heterocycles. The van der Waals surface area contributed by atoms with Crippen LogP contribution in [0.3, 0.4) is 0 Å². The van der Waals surface area contributed by atoms with Gasteiger partial charge in [0, 0.05) is 56.6 Å². The monoisotopic (exact) mass is 380 g/mol. The van der Waals surface area contributed by atoms with E-state index < -0.39 is 4.92 Å². The molecule has 0 radical (unpaired) electrons. The zero-order chi connectivity index (χ0) is 19.7. The molecule has 0 spiro atoms. The molecule has 3 aromatic rings. The summed E-state index contributed by atoms with van der Waals surface area (Å²) in [5.74, 6) is -0.0818. The Labute approximate surface area is 161 Å². The molecule has 0 saturated carbocycles. The molecule has 1 aliphatic rings. The average molecular weight is 380 g/mol. The van der Waals surface area contributed by atoms with Gasteiger partial charge in [-0.25, -0.2) is 4.98 Å². The van der Waals surface area contributed by atoms with Crippen LogP contribution in [0.2, 0.25) is 0 Å². The van der Waals surface area contributed by atoms with Crippen molar-refractivity contribution in [1.82, 2.24) is 19.3 Å². The van der Waals surface area contributed by atoms with Crippen LogP contribution >= 0.6 is 0 Å². The number of anilines is 1. The highest BCUT2D eigenvalue weighted by Crippen LogP contribution is 2.33. The summed E-state index contributed by atoms with van der Waals surface area (Å²) >= 11 is 0. The fourth-order valence-corrected chi connectivity index (χ4v) is 3.66. The van der Waals surface area contributed by atoms with Gasteiger partial charge in [-0.2, -0.15) is 5.10 Å². The Hall–Kier alpha value is -3.49. The number of aryl methyl sites for hydroxylation is 1. The predicted molar refractivity (Wildman–Crippen MR) is 102 cm³/mol. The lowest BCUT2D eigenvalue weighted by Crippen LogP contribution is -2.35. The van der Waals surface area contributed by atoms with Gasteiger partial charge in [-0.1, -0.05) is 0 Å². The van der Waals surface area contributed by atoms with Gasteiger partial charge in [-0.3, -0.25) is 19.6 Å². The molecule has 144 valence electrons. The van der Waals surface area contributed by atoms with Crippen LogP contribution < -0.4 is 4.90 Å². The minimum atomic E-state index is -0.426. The van der Waals surface area contributed by atoms with Crippen LogP contribution in [0.15, 0.2) is 49.1 Å². The van der Waals surface area contributed by atoms with Crippen molar-refractivity contribution >= 4 is 17.2 Å². The van der Waals surface area contributed by atoms with Crippen LogP contribution in [0.4, 0.5) is 11.4 Å². The van der Waals surface area contributed by atoms with Gasteiger partial charge in [-0.05, 0) is 31.0 Å². The predicted octanol–water partition coefficient (Wildman–Crippen LogP) is 2.60. The standard InChI is InChI=1S/C19H20N6O3/c1-22-12-8-20-19(22)18(26)14-3-4-16(17(13-14)25(27)28)23-10-5-15(6-11-23)24-9-2-7-21-24/h2-4,7-9,12-13,15H,5-6,10-11H2,1H3. The number of hydrogen-bond donors (Lipinski definition) is 0. The zero-order valence-electron chi connectivity index (χ0n) is 15.4. The number of benzene rings is 1. The van der Waals surface area contributed by atoms with Gasteiger partial charge in [0.05, 0.1) is 11.0 Å². The summed E-state index contributed by atoms with van der Waals surface area (Å²) in [4.78, 5) is 29.9. The molecule has 0 bridgehead atoms. The van der Waals surface area contributed by atoms with Gasteiger partial charge in [0.25, 0.3) is 5.69 Å². The first kappa shape index (κ1) is 17.9. The van der Waals surface area contributed by atoms with E-state index in [1.807, 2.05) is 21.8 Å². The first-order valence-corrected chi connectivity index (χ1v) is 9.09. The van der Waals surface area contributed by atoms with Crippen LogP contribution in [0.25, 0.3) is 0 Å². The van der Waals surface area contributed by atoms with E-state index in [2.05, 4.69) is 10.1 Å². The molecule has 4 rings (SSSR count). The highest BCUT2D eigenvalue weighted by molar-refractivity contribution is 6.07. The molecule has 3 heterocycles. The van der Waals surface area contributed by atoms with Crippen molar-refractivity contribution in [2.24, 2.45) is 7.05 Å². The first-order chi connectivity index (χ1) is 13.5. The number of hydrogen-bond acceptors (Lipinski definition) is 6. The van der Waals surface area contributed by atoms with Gasteiger partial charge < -0.3 is 9.47 Å². The summed E-state index contributed by atoms with van der Waals surface area (Å²) in [6.07, 6.45) is 8.61. The van der Waals surface area contributed by atoms with Gasteiger partial charge in [0.2, 0.25) is 5.78 Å². The fraction of sp³-hybridized carbons (Fsp3) is 0.316. The van der Waals surface area contributed by atoms with Crippen LogP contribution in [0.1, 0.15) is 35.1 Å². The quantitative estimate of drug-likeness (QED) is 0.383. The van der Waals surface area contributed by atoms with Crippen molar-refractivity contribution in [3.63, 3.8) is 0 Å². The Bertz CT molecular complexity index is 1000. The maximum Gasteiger partial charge on any atom is 0.293 e. The van der Waals surface area contributed by atoms with E-state index in [4.69, 9.17) is 0 Å². The van der Waals surface area contributed by atoms with Crippen molar-refractivity contribution in [2.45, 2.75) is 18.9 Å². The van der Waals surface area contributed by atoms with E-state index in [9.17, 15) is 14.9 Å². The van der Waals surface area contributed by atoms with E-state index >= 15 is 0 Å². The number of imidazole rings is 1. The average Bonchev–Trinajstić information content (AvgIpc) is 3.39. The van der Waals surface area contributed by atoms with Crippen LogP contribution in [0.5, 0.6) is 0 Å². The third-order valence-corrected chi connectivity index (χ3v) is 5.16. The first-order valence-electron chi connectivity index (χ1n) is 9.09. The number of piperidine rings is 1. The van der Waals surface area contributed by atoms with Crippen molar-refractivity contribution < 1.29 is 9.72 Å². The molecule has 28 heavy (non-hydrogen) atoms. The molecular formula is C19H20N6O3. The Morgan fingerprint density at radius 1 is 1.21 bits per heavy atom. The third-order valence-electron chi connectivity index (χ3n) is 5.16. The molecular weight excluding hydrogens is 360 g/mol. The number of carbonyl (C=O) groups excluding carboxylic acids is 1. The summed E-state index contributed by atoms with van der Waals surface area (Å²) in [5, 5.41) is 16.0. The van der Waals surface area contributed by atoms with Gasteiger partial charge in [0.15, 0.2) is 5.82 Å². The summed E-state index contributed by atoms with van der Waals surface area (Å²) in [7, 11) is 1.72. The van der Waals surface area contributed by atoms with Crippen LogP contribution in [0, 0.1) is 10.1 Å². The molecule has 0 amide bonds. The van der Waals surface area contributed by atoms with E-state index in [-0.39, 0.29) is 22.9 Å². The van der Waals surface area contributed by atoms with Crippen molar-refractivity contribution in [3.05, 3.63) is 70.6 Å². The number of aromatic nitrogens is 4. The minimum Gasteiger partial charge on any atom is -0.366 e. The molecule has 0 atom stereocenters. The SMILES string of the molecule is Cn1ccnc1C(=O)c1ccc(N2CCC(n3cccn3)CC2)c([N+](=O)[O-])c1. The number of ketones is 1. The van der Waals surface area contributed by atoms with Gasteiger partial charge in [0.1, 0.15) is 5.69 Å². The summed E-state index contributed by atoms with van der Waals surface area (Å²) in [5.41, 5.74) is 0.745. The van der Waals surface area contributed by atoms with E-state index in [1.54, 1.807) is 36.1 Å². The Morgan fingerprint density at radius 3 is 2.61 bits per heavy atom. The maximum atomic E-state index is 12.6. The lowest BCUT2D eigenvalue weighted by atomic mass is 10.0. The Morgan fingerprint density at radius 2 is 2.00 bits per heavy atom. The highest BCUT2D eigenvalue weighted by Gasteiger charge is 2.27. The molecule has 9 heteroatoms. The second-order valence-corrected chi connectivity index (χ2v) is 6.86. The minimum absolute atomic E-state index is 0.0578. The number of nitro benzene ring substituents is 1. The number of nitrogens with zero attached hydrogens (tertiary/aromatic N) is 6. The Kier molecular flexibility index (Phi) is 4.64. The fourth-order valence-electron chi connectivity index (χ4n) is 3.66. The Balaban J connectivity index is 1.57. The van der Waals surface area contributed by atoms with Gasteiger partial charge in [-0.15, -0.1) is 0 Å². The molecule has 9 nitrogen and oxygen atoms in total. The van der Waals surface area contributed by atoms with Crippen molar-refractivity contribution in [2.75, 3.05) is 18.0 Å². The molecule has 1 aromatic carbocycles. The molecule has 0 N–H and O–H groups in total. The molecule has 2 aromatic heterocycles. The smallest absolute Gasteiger partial charge is 0.293 e. The van der Waals surface area contributed by atoms with Crippen molar-refractivity contribution in [1.29, 1.82) is 0 Å². The molecule has 1 saturated heterocycles. The highest BCUT2D eigenvalue weighted by atomic mass is 16.6. The second-order valence-electron chi connectivity index (χ2n) is 6.86. The molecule has 0 unspecified atom stereocenters. The van der Waals surface area contributed by atoms with E-state index in [1.165, 1.54) is 12.3 Å². The van der Waals surface area contributed by atoms with E-state index in [0.29, 0.717) is 24.8 Å². The summed E-state index contributed by atoms with van der Waals surface area (Å²) < 4.78 is 3.54. The molecule has 1 fully saturated rings. The maximum absolute atomic E-state index is 12.6. The topological polar surface area (TPSA) is 99.1 Å². The third kappa shape index (κ3) is 3.26. The number of rotatable bonds is 5. The summed E-state index contributed by atoms with van der Waals surface area (Å²) in [6, 6.07) is 6.86. The normalized spacial score (nSPS) is 15.0. The van der Waals surface area contributed by atoms with Crippen molar-refractivity contribution in [3.8, 4) is 0 Å². The van der Waals surface area contributed by atoms with Gasteiger partial charge >= 0.3 is 0 Å². The summed E-state index contributed by atoms with van der Waals surface area (Å²) in [6.45, 7) is 1.38. The number of nitro groups is 1. The number of carbonyl (C=O) groups is 1. The van der Waals surface area contributed by atoms with Crippen LogP contribution in [-0.4, -0.2) is 43.1 Å². The molecule has 0 aliphatic carbocycles. The lowest BCUT2D eigenvalue weighted by molar-refractivity contribution is -0.384. The lowest BCUT2D eigenvalue weighted by Gasteiger charge is -2.33. The van der Waals surface area contributed by atoms with E-state index in [0.717, 1.165) is 12.8 Å². The largest absolute Gasteiger partial charge is 0.366 e. The second kappa shape index (κ2) is 7.26.